The largest absolute Gasteiger partial charge is 0.372 e. The number of rotatable bonds is 2. The minimum Gasteiger partial charge on any atom is -0.372 e. The highest BCUT2D eigenvalue weighted by molar-refractivity contribution is 5.90. The Morgan fingerprint density at radius 3 is 3.20 bits per heavy atom. The average molecular weight is 200 g/mol. The van der Waals surface area contributed by atoms with E-state index >= 15 is 0 Å². The number of hydrogen-bond acceptors (Lipinski definition) is 3. The summed E-state index contributed by atoms with van der Waals surface area (Å²) in [5.41, 5.74) is 2.37. The molecule has 15 heavy (non-hydrogen) atoms. The van der Waals surface area contributed by atoms with Crippen LogP contribution in [0.25, 0.3) is 10.9 Å². The Hall–Kier alpha value is -1.84. The maximum Gasteiger partial charge on any atom is 0.101 e. The summed E-state index contributed by atoms with van der Waals surface area (Å²) in [6.07, 6.45) is 2.71. The molecule has 1 aromatic carbocycles. The summed E-state index contributed by atoms with van der Waals surface area (Å²) in [7, 11) is 0. The quantitative estimate of drug-likeness (QED) is 0.763. The maximum atomic E-state index is 4.39. The smallest absolute Gasteiger partial charge is 0.101 e. The molecular formula is C11H12N4. The van der Waals surface area contributed by atoms with E-state index in [9.17, 15) is 0 Å². The summed E-state index contributed by atoms with van der Waals surface area (Å²) >= 11 is 0. The lowest BCUT2D eigenvalue weighted by atomic mass is 10.1. The monoisotopic (exact) mass is 200 g/mol. The molecule has 4 heteroatoms. The molecule has 0 unspecified atom stereocenters. The SMILES string of the molecule is c1cc(CC2=NCCN2)c2[nH]ncc2c1. The predicted molar refractivity (Wildman–Crippen MR) is 60.1 cm³/mol. The lowest BCUT2D eigenvalue weighted by Gasteiger charge is -2.03. The third-order valence-corrected chi connectivity index (χ3v) is 2.66. The summed E-state index contributed by atoms with van der Waals surface area (Å²) in [6.45, 7) is 1.86. The summed E-state index contributed by atoms with van der Waals surface area (Å²) in [5.74, 6) is 1.08. The van der Waals surface area contributed by atoms with Gasteiger partial charge in [0.15, 0.2) is 0 Å². The zero-order valence-electron chi connectivity index (χ0n) is 8.33. The number of amidine groups is 1. The lowest BCUT2D eigenvalue weighted by molar-refractivity contribution is 0.953. The average Bonchev–Trinajstić information content (AvgIpc) is 2.87. The number of nitrogens with zero attached hydrogens (tertiary/aromatic N) is 2. The summed E-state index contributed by atoms with van der Waals surface area (Å²) in [6, 6.07) is 6.23. The Labute approximate surface area is 87.4 Å². The van der Waals surface area contributed by atoms with Crippen molar-refractivity contribution in [2.75, 3.05) is 13.1 Å². The van der Waals surface area contributed by atoms with E-state index in [4.69, 9.17) is 0 Å². The molecule has 2 N–H and O–H groups in total. The van der Waals surface area contributed by atoms with Gasteiger partial charge in [-0.2, -0.15) is 5.10 Å². The van der Waals surface area contributed by atoms with Crippen LogP contribution in [0.15, 0.2) is 29.4 Å². The molecule has 0 saturated heterocycles. The van der Waals surface area contributed by atoms with Crippen molar-refractivity contribution in [3.8, 4) is 0 Å². The first kappa shape index (κ1) is 8.47. The summed E-state index contributed by atoms with van der Waals surface area (Å²) < 4.78 is 0. The van der Waals surface area contributed by atoms with Gasteiger partial charge in [0, 0.05) is 18.4 Å². The molecular weight excluding hydrogens is 188 g/mol. The van der Waals surface area contributed by atoms with E-state index in [2.05, 4.69) is 38.7 Å². The predicted octanol–water partition coefficient (Wildman–Crippen LogP) is 1.11. The molecule has 4 nitrogen and oxygen atoms in total. The molecule has 1 aliphatic heterocycles. The van der Waals surface area contributed by atoms with Crippen molar-refractivity contribution in [3.05, 3.63) is 30.0 Å². The van der Waals surface area contributed by atoms with Crippen LogP contribution in [0.2, 0.25) is 0 Å². The van der Waals surface area contributed by atoms with Gasteiger partial charge in [-0.3, -0.25) is 10.1 Å². The van der Waals surface area contributed by atoms with Crippen LogP contribution in [-0.4, -0.2) is 29.1 Å². The number of nitrogens with one attached hydrogen (secondary N) is 2. The molecule has 0 saturated carbocycles. The fourth-order valence-corrected chi connectivity index (χ4v) is 1.92. The maximum absolute atomic E-state index is 4.39. The molecule has 0 aliphatic carbocycles. The van der Waals surface area contributed by atoms with Crippen molar-refractivity contribution in [1.29, 1.82) is 0 Å². The molecule has 1 aliphatic rings. The molecule has 0 bridgehead atoms. The van der Waals surface area contributed by atoms with Crippen LogP contribution in [0.4, 0.5) is 0 Å². The second kappa shape index (κ2) is 3.38. The second-order valence-corrected chi connectivity index (χ2v) is 3.68. The molecule has 0 fully saturated rings. The Kier molecular flexibility index (Phi) is 1.91. The topological polar surface area (TPSA) is 53.1 Å². The third kappa shape index (κ3) is 1.48. The molecule has 1 aromatic heterocycles. The first-order valence-corrected chi connectivity index (χ1v) is 5.11. The third-order valence-electron chi connectivity index (χ3n) is 2.66. The van der Waals surface area contributed by atoms with Gasteiger partial charge >= 0.3 is 0 Å². The van der Waals surface area contributed by atoms with Crippen LogP contribution in [0.3, 0.4) is 0 Å². The fourth-order valence-electron chi connectivity index (χ4n) is 1.92. The first-order valence-electron chi connectivity index (χ1n) is 5.11. The van der Waals surface area contributed by atoms with Crippen LogP contribution >= 0.6 is 0 Å². The molecule has 2 aromatic rings. The van der Waals surface area contributed by atoms with Crippen LogP contribution in [-0.2, 0) is 6.42 Å². The number of aromatic amines is 1. The van der Waals surface area contributed by atoms with Gasteiger partial charge in [-0.25, -0.2) is 0 Å². The Morgan fingerprint density at radius 2 is 2.33 bits per heavy atom. The fraction of sp³-hybridized carbons (Fsp3) is 0.273. The van der Waals surface area contributed by atoms with E-state index in [1.54, 1.807) is 0 Å². The van der Waals surface area contributed by atoms with Gasteiger partial charge in [-0.15, -0.1) is 0 Å². The normalized spacial score (nSPS) is 15.3. The van der Waals surface area contributed by atoms with E-state index < -0.39 is 0 Å². The van der Waals surface area contributed by atoms with E-state index in [-0.39, 0.29) is 0 Å². The van der Waals surface area contributed by atoms with Gasteiger partial charge in [0.05, 0.1) is 18.3 Å². The molecule has 2 heterocycles. The molecule has 0 radical (unpaired) electrons. The zero-order valence-corrected chi connectivity index (χ0v) is 8.33. The number of hydrogen-bond donors (Lipinski definition) is 2. The number of aromatic nitrogens is 2. The van der Waals surface area contributed by atoms with E-state index in [0.29, 0.717) is 0 Å². The van der Waals surface area contributed by atoms with Gasteiger partial charge in [0.25, 0.3) is 0 Å². The van der Waals surface area contributed by atoms with E-state index in [1.165, 1.54) is 5.56 Å². The van der Waals surface area contributed by atoms with Crippen molar-refractivity contribution >= 4 is 16.7 Å². The number of H-pyrrole nitrogens is 1. The standard InChI is InChI=1S/C11H12N4/c1-2-8(6-10-12-4-5-13-10)11-9(3-1)7-14-15-11/h1-3,7H,4-6H2,(H,12,13)(H,14,15). The van der Waals surface area contributed by atoms with Crippen LogP contribution in [0, 0.1) is 0 Å². The number of fused-ring (bicyclic) bond motifs is 1. The van der Waals surface area contributed by atoms with Crippen LogP contribution in [0.5, 0.6) is 0 Å². The zero-order chi connectivity index (χ0) is 10.1. The van der Waals surface area contributed by atoms with Gasteiger partial charge in [0.1, 0.15) is 5.84 Å². The van der Waals surface area contributed by atoms with Crippen molar-refractivity contribution in [2.45, 2.75) is 6.42 Å². The minimum absolute atomic E-state index is 0.861. The van der Waals surface area contributed by atoms with Crippen LogP contribution < -0.4 is 5.32 Å². The molecule has 0 atom stereocenters. The van der Waals surface area contributed by atoms with Crippen molar-refractivity contribution in [1.82, 2.24) is 15.5 Å². The van der Waals surface area contributed by atoms with Gasteiger partial charge < -0.3 is 5.32 Å². The first-order chi connectivity index (χ1) is 7.43. The van der Waals surface area contributed by atoms with Crippen molar-refractivity contribution in [2.24, 2.45) is 4.99 Å². The van der Waals surface area contributed by atoms with Crippen molar-refractivity contribution in [3.63, 3.8) is 0 Å². The highest BCUT2D eigenvalue weighted by Crippen LogP contribution is 2.16. The van der Waals surface area contributed by atoms with Gasteiger partial charge in [-0.05, 0) is 5.56 Å². The summed E-state index contributed by atoms with van der Waals surface area (Å²) in [5, 5.41) is 11.5. The lowest BCUT2D eigenvalue weighted by Crippen LogP contribution is -2.20. The minimum atomic E-state index is 0.861. The number of benzene rings is 1. The highest BCUT2D eigenvalue weighted by Gasteiger charge is 2.08. The summed E-state index contributed by atoms with van der Waals surface area (Å²) in [4.78, 5) is 4.39. The van der Waals surface area contributed by atoms with Gasteiger partial charge in [0.2, 0.25) is 0 Å². The van der Waals surface area contributed by atoms with Gasteiger partial charge in [-0.1, -0.05) is 18.2 Å². The molecule has 0 spiro atoms. The number of aliphatic imine (C=N–C) groups is 1. The molecule has 76 valence electrons. The Balaban J connectivity index is 1.99. The van der Waals surface area contributed by atoms with E-state index in [0.717, 1.165) is 36.2 Å². The van der Waals surface area contributed by atoms with Crippen molar-refractivity contribution < 1.29 is 0 Å². The Morgan fingerprint density at radius 1 is 1.33 bits per heavy atom. The molecule has 0 amide bonds. The second-order valence-electron chi connectivity index (χ2n) is 3.68. The highest BCUT2D eigenvalue weighted by atomic mass is 15.1. The number of para-hydroxylation sites is 1. The van der Waals surface area contributed by atoms with E-state index in [1.807, 2.05) is 6.20 Å². The molecule has 3 rings (SSSR count). The Bertz CT molecular complexity index is 512. The van der Waals surface area contributed by atoms with Crippen LogP contribution in [0.1, 0.15) is 5.56 Å².